The number of para-hydroxylation sites is 2. The molecule has 4 rings (SSSR count). The maximum atomic E-state index is 13.1. The number of anilines is 1. The molecule has 2 heterocycles. The molecule has 2 aromatic carbocycles. The molecular weight excluding hydrogens is 406 g/mol. The van der Waals surface area contributed by atoms with E-state index < -0.39 is 0 Å². The van der Waals surface area contributed by atoms with Crippen LogP contribution in [0.4, 0.5) is 5.13 Å². The standard InChI is InChI=1S/C22H18ClN3O2S/c1-15-7-2-3-10-18(15)28-14-20(27)26(13-16-8-4-5-12-24-16)22-25-21-17(23)9-6-11-19(21)29-22/h2-12H,13-14H2,1H3. The second-order valence-electron chi connectivity index (χ2n) is 6.44. The zero-order valence-corrected chi connectivity index (χ0v) is 17.3. The van der Waals surface area contributed by atoms with E-state index in [1.54, 1.807) is 17.2 Å². The van der Waals surface area contributed by atoms with E-state index in [2.05, 4.69) is 9.97 Å². The SMILES string of the molecule is Cc1ccccc1OCC(=O)N(Cc1ccccn1)c1nc2c(Cl)cccc2s1. The highest BCUT2D eigenvalue weighted by Crippen LogP contribution is 2.33. The lowest BCUT2D eigenvalue weighted by Crippen LogP contribution is -2.34. The van der Waals surface area contributed by atoms with Gasteiger partial charge in [0.05, 0.1) is 22.0 Å². The van der Waals surface area contributed by atoms with Crippen LogP contribution in [0.1, 0.15) is 11.3 Å². The molecule has 5 nitrogen and oxygen atoms in total. The van der Waals surface area contributed by atoms with Crippen LogP contribution in [-0.2, 0) is 11.3 Å². The van der Waals surface area contributed by atoms with Crippen LogP contribution >= 0.6 is 22.9 Å². The molecule has 146 valence electrons. The number of thiazole rings is 1. The van der Waals surface area contributed by atoms with E-state index in [1.807, 2.05) is 61.5 Å². The van der Waals surface area contributed by atoms with Gasteiger partial charge >= 0.3 is 0 Å². The summed E-state index contributed by atoms with van der Waals surface area (Å²) in [6.45, 7) is 2.15. The van der Waals surface area contributed by atoms with Gasteiger partial charge in [0, 0.05) is 6.20 Å². The largest absolute Gasteiger partial charge is 0.483 e. The molecule has 0 radical (unpaired) electrons. The maximum absolute atomic E-state index is 13.1. The van der Waals surface area contributed by atoms with Crippen LogP contribution in [0.25, 0.3) is 10.2 Å². The number of ether oxygens (including phenoxy) is 1. The number of rotatable bonds is 6. The summed E-state index contributed by atoms with van der Waals surface area (Å²) in [4.78, 5) is 23.7. The van der Waals surface area contributed by atoms with Gasteiger partial charge < -0.3 is 4.74 Å². The van der Waals surface area contributed by atoms with Crippen LogP contribution in [0.5, 0.6) is 5.75 Å². The Morgan fingerprint density at radius 2 is 1.93 bits per heavy atom. The summed E-state index contributed by atoms with van der Waals surface area (Å²) in [6, 6.07) is 18.8. The molecule has 0 aliphatic rings. The van der Waals surface area contributed by atoms with Crippen molar-refractivity contribution >= 4 is 44.2 Å². The number of halogens is 1. The summed E-state index contributed by atoms with van der Waals surface area (Å²) in [5.74, 6) is 0.486. The summed E-state index contributed by atoms with van der Waals surface area (Å²) < 4.78 is 6.70. The first-order chi connectivity index (χ1) is 14.1. The molecule has 4 aromatic rings. The molecule has 0 unspecified atom stereocenters. The number of aromatic nitrogens is 2. The summed E-state index contributed by atoms with van der Waals surface area (Å²) in [5, 5.41) is 1.13. The number of nitrogens with zero attached hydrogens (tertiary/aromatic N) is 3. The van der Waals surface area contributed by atoms with Crippen LogP contribution in [0, 0.1) is 6.92 Å². The zero-order chi connectivity index (χ0) is 20.2. The quantitative estimate of drug-likeness (QED) is 0.424. The van der Waals surface area contributed by atoms with Crippen molar-refractivity contribution in [2.75, 3.05) is 11.5 Å². The third-order valence-corrected chi connectivity index (χ3v) is 5.73. The molecule has 0 fully saturated rings. The van der Waals surface area contributed by atoms with Crippen molar-refractivity contribution in [1.82, 2.24) is 9.97 Å². The van der Waals surface area contributed by atoms with Crippen LogP contribution in [0.15, 0.2) is 66.9 Å². The molecule has 29 heavy (non-hydrogen) atoms. The van der Waals surface area contributed by atoms with Gasteiger partial charge in [-0.2, -0.15) is 0 Å². The highest BCUT2D eigenvalue weighted by molar-refractivity contribution is 7.22. The topological polar surface area (TPSA) is 55.3 Å². The predicted molar refractivity (Wildman–Crippen MR) is 117 cm³/mol. The van der Waals surface area contributed by atoms with Gasteiger partial charge in [-0.05, 0) is 42.8 Å². The predicted octanol–water partition coefficient (Wildman–Crippen LogP) is 5.27. The Hall–Kier alpha value is -2.96. The number of amides is 1. The molecule has 0 bridgehead atoms. The molecule has 0 aliphatic heterocycles. The number of aryl methyl sites for hydroxylation is 1. The van der Waals surface area contributed by atoms with Crippen molar-refractivity contribution in [3.05, 3.63) is 83.1 Å². The minimum atomic E-state index is -0.200. The van der Waals surface area contributed by atoms with Gasteiger partial charge in [0.2, 0.25) is 0 Å². The second-order valence-corrected chi connectivity index (χ2v) is 7.85. The Labute approximate surface area is 177 Å². The van der Waals surface area contributed by atoms with E-state index in [0.29, 0.717) is 28.0 Å². The van der Waals surface area contributed by atoms with Crippen LogP contribution in [0.2, 0.25) is 5.02 Å². The fraction of sp³-hybridized carbons (Fsp3) is 0.136. The normalized spacial score (nSPS) is 10.8. The monoisotopic (exact) mass is 423 g/mol. The Balaban J connectivity index is 1.63. The number of benzene rings is 2. The first-order valence-corrected chi connectivity index (χ1v) is 10.2. The van der Waals surface area contributed by atoms with Gasteiger partial charge in [-0.3, -0.25) is 14.7 Å². The van der Waals surface area contributed by atoms with Crippen molar-refractivity contribution in [1.29, 1.82) is 0 Å². The Bertz CT molecular complexity index is 1150. The first-order valence-electron chi connectivity index (χ1n) is 9.05. The fourth-order valence-electron chi connectivity index (χ4n) is 2.87. The number of hydrogen-bond donors (Lipinski definition) is 0. The number of carbonyl (C=O) groups excluding carboxylic acids is 1. The van der Waals surface area contributed by atoms with Gasteiger partial charge in [0.1, 0.15) is 11.3 Å². The number of carbonyl (C=O) groups is 1. The lowest BCUT2D eigenvalue weighted by Gasteiger charge is -2.20. The first kappa shape index (κ1) is 19.4. The molecule has 7 heteroatoms. The third kappa shape index (κ3) is 4.39. The molecule has 0 atom stereocenters. The Morgan fingerprint density at radius 1 is 1.10 bits per heavy atom. The van der Waals surface area contributed by atoms with Gasteiger partial charge in [0.15, 0.2) is 11.7 Å². The molecule has 0 aliphatic carbocycles. The van der Waals surface area contributed by atoms with Crippen molar-refractivity contribution in [2.24, 2.45) is 0 Å². The number of fused-ring (bicyclic) bond motifs is 1. The van der Waals surface area contributed by atoms with Gasteiger partial charge in [-0.25, -0.2) is 4.98 Å². The highest BCUT2D eigenvalue weighted by Gasteiger charge is 2.22. The van der Waals surface area contributed by atoms with Gasteiger partial charge in [0.25, 0.3) is 5.91 Å². The Morgan fingerprint density at radius 3 is 2.69 bits per heavy atom. The lowest BCUT2D eigenvalue weighted by atomic mass is 10.2. The third-order valence-electron chi connectivity index (χ3n) is 4.38. The van der Waals surface area contributed by atoms with E-state index in [4.69, 9.17) is 16.3 Å². The highest BCUT2D eigenvalue weighted by atomic mass is 35.5. The van der Waals surface area contributed by atoms with Crippen molar-refractivity contribution < 1.29 is 9.53 Å². The van der Waals surface area contributed by atoms with Crippen LogP contribution in [0.3, 0.4) is 0 Å². The molecule has 0 spiro atoms. The van der Waals surface area contributed by atoms with Crippen LogP contribution < -0.4 is 9.64 Å². The van der Waals surface area contributed by atoms with E-state index in [-0.39, 0.29) is 12.5 Å². The summed E-state index contributed by atoms with van der Waals surface area (Å²) in [5.41, 5.74) is 2.43. The van der Waals surface area contributed by atoms with Crippen molar-refractivity contribution in [2.45, 2.75) is 13.5 Å². The van der Waals surface area contributed by atoms with Gasteiger partial charge in [-0.15, -0.1) is 0 Å². The maximum Gasteiger partial charge on any atom is 0.267 e. The van der Waals surface area contributed by atoms with Crippen molar-refractivity contribution in [3.63, 3.8) is 0 Å². The molecule has 0 saturated carbocycles. The summed E-state index contributed by atoms with van der Waals surface area (Å²) >= 11 is 7.70. The number of hydrogen-bond acceptors (Lipinski definition) is 5. The molecule has 2 aromatic heterocycles. The smallest absolute Gasteiger partial charge is 0.267 e. The number of pyridine rings is 1. The van der Waals surface area contributed by atoms with E-state index in [0.717, 1.165) is 16.0 Å². The molecule has 1 amide bonds. The lowest BCUT2D eigenvalue weighted by molar-refractivity contribution is -0.120. The minimum Gasteiger partial charge on any atom is -0.483 e. The summed E-state index contributed by atoms with van der Waals surface area (Å²) in [7, 11) is 0. The minimum absolute atomic E-state index is 0.0959. The second kappa shape index (κ2) is 8.59. The van der Waals surface area contributed by atoms with E-state index in [9.17, 15) is 4.79 Å². The summed E-state index contributed by atoms with van der Waals surface area (Å²) in [6.07, 6.45) is 1.71. The average Bonchev–Trinajstić information content (AvgIpc) is 3.17. The molecule has 0 saturated heterocycles. The van der Waals surface area contributed by atoms with E-state index >= 15 is 0 Å². The molecule has 0 N–H and O–H groups in total. The van der Waals surface area contributed by atoms with Crippen molar-refractivity contribution in [3.8, 4) is 5.75 Å². The van der Waals surface area contributed by atoms with Crippen LogP contribution in [-0.4, -0.2) is 22.5 Å². The van der Waals surface area contributed by atoms with Gasteiger partial charge in [-0.1, -0.05) is 53.3 Å². The Kier molecular flexibility index (Phi) is 5.74. The van der Waals surface area contributed by atoms with E-state index in [1.165, 1.54) is 11.3 Å². The average molecular weight is 424 g/mol. The zero-order valence-electron chi connectivity index (χ0n) is 15.7. The molecular formula is C22H18ClN3O2S. The fourth-order valence-corrected chi connectivity index (χ4v) is 4.15.